The maximum Gasteiger partial charge on any atom is 0.132 e. The fourth-order valence-electron chi connectivity index (χ4n) is 1.85. The van der Waals surface area contributed by atoms with Gasteiger partial charge < -0.3 is 10.1 Å². The van der Waals surface area contributed by atoms with Crippen LogP contribution in [0.1, 0.15) is 31.1 Å². The molecule has 1 aromatic heterocycles. The van der Waals surface area contributed by atoms with Crippen molar-refractivity contribution in [2.75, 3.05) is 7.05 Å². The van der Waals surface area contributed by atoms with Crippen molar-refractivity contribution in [1.29, 1.82) is 0 Å². The number of aromatic nitrogens is 2. The Morgan fingerprint density at radius 3 is 2.84 bits per heavy atom. The second-order valence-corrected chi connectivity index (χ2v) is 4.85. The van der Waals surface area contributed by atoms with E-state index in [2.05, 4.69) is 36.4 Å². The molecule has 4 nitrogen and oxygen atoms in total. The largest absolute Gasteiger partial charge is 0.487 e. The molecule has 0 spiro atoms. The highest BCUT2D eigenvalue weighted by atomic mass is 16.5. The van der Waals surface area contributed by atoms with Crippen molar-refractivity contribution in [3.05, 3.63) is 47.8 Å². The Labute approximate surface area is 114 Å². The third-order valence-electron chi connectivity index (χ3n) is 2.86. The van der Waals surface area contributed by atoms with Gasteiger partial charge in [-0.1, -0.05) is 12.1 Å². The lowest BCUT2D eigenvalue weighted by molar-refractivity contribution is 0.298. The van der Waals surface area contributed by atoms with Crippen molar-refractivity contribution in [3.63, 3.8) is 0 Å². The van der Waals surface area contributed by atoms with Crippen LogP contribution in [0.15, 0.2) is 36.5 Å². The van der Waals surface area contributed by atoms with Gasteiger partial charge in [-0.05, 0) is 44.7 Å². The van der Waals surface area contributed by atoms with Crippen LogP contribution in [0, 0.1) is 0 Å². The third-order valence-corrected chi connectivity index (χ3v) is 2.86. The van der Waals surface area contributed by atoms with Crippen LogP contribution in [0.5, 0.6) is 5.75 Å². The van der Waals surface area contributed by atoms with Crippen LogP contribution in [0.2, 0.25) is 0 Å². The van der Waals surface area contributed by atoms with E-state index in [-0.39, 0.29) is 0 Å². The fourth-order valence-corrected chi connectivity index (χ4v) is 1.85. The predicted molar refractivity (Wildman–Crippen MR) is 76.1 cm³/mol. The van der Waals surface area contributed by atoms with Gasteiger partial charge in [-0.15, -0.1) is 0 Å². The highest BCUT2D eigenvalue weighted by Crippen LogP contribution is 2.15. The minimum Gasteiger partial charge on any atom is -0.487 e. The zero-order chi connectivity index (χ0) is 13.7. The van der Waals surface area contributed by atoms with Gasteiger partial charge in [-0.2, -0.15) is 5.10 Å². The summed E-state index contributed by atoms with van der Waals surface area (Å²) in [5.41, 5.74) is 2.17. The van der Waals surface area contributed by atoms with Crippen molar-refractivity contribution in [3.8, 4) is 5.75 Å². The summed E-state index contributed by atoms with van der Waals surface area (Å²) in [6.45, 7) is 5.57. The number of nitrogens with one attached hydrogen (secondary N) is 1. The van der Waals surface area contributed by atoms with Crippen LogP contribution >= 0.6 is 0 Å². The van der Waals surface area contributed by atoms with Gasteiger partial charge in [-0.3, -0.25) is 4.68 Å². The first kappa shape index (κ1) is 13.6. The lowest BCUT2D eigenvalue weighted by Crippen LogP contribution is -2.05. The number of ether oxygens (including phenoxy) is 1. The summed E-state index contributed by atoms with van der Waals surface area (Å²) >= 11 is 0. The van der Waals surface area contributed by atoms with E-state index in [0.29, 0.717) is 12.6 Å². The first-order chi connectivity index (χ1) is 9.19. The maximum atomic E-state index is 5.77. The van der Waals surface area contributed by atoms with E-state index in [1.807, 2.05) is 36.1 Å². The Hall–Kier alpha value is -1.81. The lowest BCUT2D eigenvalue weighted by atomic mass is 10.2. The Balaban J connectivity index is 1.95. The topological polar surface area (TPSA) is 39.1 Å². The van der Waals surface area contributed by atoms with Gasteiger partial charge in [0.2, 0.25) is 0 Å². The summed E-state index contributed by atoms with van der Waals surface area (Å²) in [6, 6.07) is 10.5. The molecular formula is C15H21N3O. The quantitative estimate of drug-likeness (QED) is 0.867. The normalized spacial score (nSPS) is 10.9. The number of rotatable bonds is 6. The highest BCUT2D eigenvalue weighted by molar-refractivity contribution is 5.28. The summed E-state index contributed by atoms with van der Waals surface area (Å²) in [4.78, 5) is 0. The van der Waals surface area contributed by atoms with Crippen LogP contribution in [0.3, 0.4) is 0 Å². The van der Waals surface area contributed by atoms with Gasteiger partial charge in [0.05, 0.1) is 5.69 Å². The molecular weight excluding hydrogens is 238 g/mol. The third kappa shape index (κ3) is 3.83. The molecule has 0 saturated heterocycles. The Kier molecular flexibility index (Phi) is 4.58. The van der Waals surface area contributed by atoms with Crippen LogP contribution in [0.25, 0.3) is 0 Å². The second-order valence-electron chi connectivity index (χ2n) is 4.85. The number of hydrogen-bond donors (Lipinski definition) is 1. The zero-order valence-electron chi connectivity index (χ0n) is 11.8. The summed E-state index contributed by atoms with van der Waals surface area (Å²) < 4.78 is 7.71. The molecule has 0 unspecified atom stereocenters. The molecule has 0 bridgehead atoms. The van der Waals surface area contributed by atoms with E-state index < -0.39 is 0 Å². The van der Waals surface area contributed by atoms with Gasteiger partial charge in [0, 0.05) is 18.8 Å². The van der Waals surface area contributed by atoms with E-state index in [0.717, 1.165) is 18.0 Å². The van der Waals surface area contributed by atoms with Crippen molar-refractivity contribution in [1.82, 2.24) is 15.1 Å². The van der Waals surface area contributed by atoms with Crippen LogP contribution in [0.4, 0.5) is 0 Å². The molecule has 4 heteroatoms. The van der Waals surface area contributed by atoms with Gasteiger partial charge >= 0.3 is 0 Å². The first-order valence-electron chi connectivity index (χ1n) is 6.59. The SMILES string of the molecule is CNCc1cccc(OCc2ccn(C(C)C)n2)c1. The van der Waals surface area contributed by atoms with Crippen LogP contribution < -0.4 is 10.1 Å². The monoisotopic (exact) mass is 259 g/mol. The number of benzene rings is 1. The average Bonchev–Trinajstić information content (AvgIpc) is 2.86. The smallest absolute Gasteiger partial charge is 0.132 e. The maximum absolute atomic E-state index is 5.77. The molecule has 0 radical (unpaired) electrons. The molecule has 0 aliphatic rings. The van der Waals surface area contributed by atoms with Crippen LogP contribution in [-0.2, 0) is 13.2 Å². The molecule has 0 fully saturated rings. The van der Waals surface area contributed by atoms with Crippen molar-refractivity contribution in [2.45, 2.75) is 33.0 Å². The van der Waals surface area contributed by atoms with Gasteiger partial charge in [0.1, 0.15) is 12.4 Å². The van der Waals surface area contributed by atoms with Gasteiger partial charge in [-0.25, -0.2) is 0 Å². The summed E-state index contributed by atoms with van der Waals surface area (Å²) in [5, 5.41) is 7.59. The van der Waals surface area contributed by atoms with E-state index in [4.69, 9.17) is 4.74 Å². The van der Waals surface area contributed by atoms with Crippen molar-refractivity contribution in [2.24, 2.45) is 0 Å². The zero-order valence-corrected chi connectivity index (χ0v) is 11.8. The molecule has 0 aliphatic carbocycles. The van der Waals surface area contributed by atoms with Crippen molar-refractivity contribution < 1.29 is 4.74 Å². The fraction of sp³-hybridized carbons (Fsp3) is 0.400. The molecule has 1 heterocycles. The summed E-state index contributed by atoms with van der Waals surface area (Å²) in [7, 11) is 1.94. The second kappa shape index (κ2) is 6.38. The molecule has 1 aromatic carbocycles. The Morgan fingerprint density at radius 1 is 1.32 bits per heavy atom. The Morgan fingerprint density at radius 2 is 2.16 bits per heavy atom. The minimum atomic E-state index is 0.382. The lowest BCUT2D eigenvalue weighted by Gasteiger charge is -2.07. The number of hydrogen-bond acceptors (Lipinski definition) is 3. The standard InChI is InChI=1S/C15H21N3O/c1-12(2)18-8-7-14(17-18)11-19-15-6-4-5-13(9-15)10-16-3/h4-9,12,16H,10-11H2,1-3H3. The molecule has 1 N–H and O–H groups in total. The number of nitrogens with zero attached hydrogens (tertiary/aromatic N) is 2. The highest BCUT2D eigenvalue weighted by Gasteiger charge is 2.03. The van der Waals surface area contributed by atoms with Gasteiger partial charge in [0.15, 0.2) is 0 Å². The van der Waals surface area contributed by atoms with E-state index in [1.165, 1.54) is 5.56 Å². The molecule has 0 amide bonds. The molecule has 0 atom stereocenters. The predicted octanol–water partition coefficient (Wildman–Crippen LogP) is 2.76. The van der Waals surface area contributed by atoms with E-state index in [9.17, 15) is 0 Å². The Bertz CT molecular complexity index is 520. The summed E-state index contributed by atoms with van der Waals surface area (Å²) in [5.74, 6) is 0.881. The summed E-state index contributed by atoms with van der Waals surface area (Å²) in [6.07, 6.45) is 1.99. The molecule has 19 heavy (non-hydrogen) atoms. The van der Waals surface area contributed by atoms with Crippen LogP contribution in [-0.4, -0.2) is 16.8 Å². The molecule has 0 aliphatic heterocycles. The van der Waals surface area contributed by atoms with Crippen molar-refractivity contribution >= 4 is 0 Å². The van der Waals surface area contributed by atoms with E-state index >= 15 is 0 Å². The van der Waals surface area contributed by atoms with E-state index in [1.54, 1.807) is 0 Å². The molecule has 102 valence electrons. The van der Waals surface area contributed by atoms with Gasteiger partial charge in [0.25, 0.3) is 0 Å². The minimum absolute atomic E-state index is 0.382. The molecule has 0 saturated carbocycles. The molecule has 2 rings (SSSR count). The average molecular weight is 259 g/mol. The molecule has 2 aromatic rings. The first-order valence-corrected chi connectivity index (χ1v) is 6.59.